The molecule has 1 N–H and O–H groups in total. The number of aliphatic hydroxyl groups is 1. The summed E-state index contributed by atoms with van der Waals surface area (Å²) in [5.41, 5.74) is -1.12. The van der Waals surface area contributed by atoms with Gasteiger partial charge in [0.25, 0.3) is 0 Å². The largest absolute Gasteiger partial charge is 0.429 e. The van der Waals surface area contributed by atoms with Crippen molar-refractivity contribution in [3.8, 4) is 0 Å². The summed E-state index contributed by atoms with van der Waals surface area (Å²) in [6.45, 7) is 4.86. The third-order valence-corrected chi connectivity index (χ3v) is 3.12. The van der Waals surface area contributed by atoms with Crippen LogP contribution in [-0.2, 0) is 14.2 Å². The van der Waals surface area contributed by atoms with E-state index in [9.17, 15) is 9.90 Å². The summed E-state index contributed by atoms with van der Waals surface area (Å²) >= 11 is 5.82. The van der Waals surface area contributed by atoms with Gasteiger partial charge in [-0.1, -0.05) is 17.7 Å². The lowest BCUT2D eigenvalue weighted by Gasteiger charge is -2.43. The van der Waals surface area contributed by atoms with Gasteiger partial charge in [0.15, 0.2) is 5.79 Å². The quantitative estimate of drug-likeness (QED) is 0.849. The minimum absolute atomic E-state index is 0.00743. The van der Waals surface area contributed by atoms with E-state index in [0.717, 1.165) is 0 Å². The monoisotopic (exact) mass is 300 g/mol. The predicted molar refractivity (Wildman–Crippen MR) is 72.4 cm³/mol. The summed E-state index contributed by atoms with van der Waals surface area (Å²) in [4.78, 5) is 12.1. The van der Waals surface area contributed by atoms with Gasteiger partial charge in [0, 0.05) is 5.02 Å². The highest BCUT2D eigenvalue weighted by atomic mass is 35.5. The standard InChI is InChI=1S/C14H17ClO5/c1-13(2)18-8-14(3,17)12(20-13)19-11(16)9-5-4-6-10(15)7-9/h4-7,12,17H,8H2,1-3H3/t12-,14-/m0/s1. The fraction of sp³-hybridized carbons (Fsp3) is 0.500. The second-order valence-electron chi connectivity index (χ2n) is 5.41. The molecule has 5 nitrogen and oxygen atoms in total. The molecular weight excluding hydrogens is 284 g/mol. The second-order valence-corrected chi connectivity index (χ2v) is 5.85. The molecular formula is C14H17ClO5. The van der Waals surface area contributed by atoms with Crippen LogP contribution in [0.1, 0.15) is 31.1 Å². The van der Waals surface area contributed by atoms with Gasteiger partial charge >= 0.3 is 5.97 Å². The Morgan fingerprint density at radius 3 is 2.80 bits per heavy atom. The van der Waals surface area contributed by atoms with E-state index in [1.807, 2.05) is 0 Å². The number of rotatable bonds is 2. The molecule has 0 amide bonds. The zero-order valence-corrected chi connectivity index (χ0v) is 12.3. The maximum Gasteiger partial charge on any atom is 0.340 e. The molecule has 1 fully saturated rings. The first-order valence-electron chi connectivity index (χ1n) is 6.20. The molecule has 0 radical (unpaired) electrons. The topological polar surface area (TPSA) is 65.0 Å². The van der Waals surface area contributed by atoms with Crippen molar-refractivity contribution in [2.24, 2.45) is 0 Å². The van der Waals surface area contributed by atoms with Crippen molar-refractivity contribution in [2.45, 2.75) is 38.4 Å². The zero-order valence-electron chi connectivity index (χ0n) is 11.6. The molecule has 0 spiro atoms. The first-order chi connectivity index (χ1) is 9.20. The van der Waals surface area contributed by atoms with E-state index in [2.05, 4.69) is 0 Å². The summed E-state index contributed by atoms with van der Waals surface area (Å²) in [7, 11) is 0. The van der Waals surface area contributed by atoms with Crippen molar-refractivity contribution in [3.05, 3.63) is 34.9 Å². The first-order valence-corrected chi connectivity index (χ1v) is 6.58. The van der Waals surface area contributed by atoms with Crippen LogP contribution in [0.2, 0.25) is 5.02 Å². The predicted octanol–water partition coefficient (Wildman–Crippen LogP) is 2.36. The van der Waals surface area contributed by atoms with Gasteiger partial charge in [-0.2, -0.15) is 0 Å². The van der Waals surface area contributed by atoms with Crippen LogP contribution in [0.4, 0.5) is 0 Å². The number of ether oxygens (including phenoxy) is 3. The Labute approximate surface area is 122 Å². The maximum atomic E-state index is 12.1. The fourth-order valence-corrected chi connectivity index (χ4v) is 1.93. The number of halogens is 1. The summed E-state index contributed by atoms with van der Waals surface area (Å²) in [5, 5.41) is 10.6. The number of carbonyl (C=O) groups excluding carboxylic acids is 1. The second kappa shape index (κ2) is 5.33. The van der Waals surface area contributed by atoms with Crippen molar-refractivity contribution in [2.75, 3.05) is 6.61 Å². The van der Waals surface area contributed by atoms with Gasteiger partial charge in [-0.05, 0) is 39.0 Å². The Bertz CT molecular complexity index is 512. The molecule has 0 saturated carbocycles. The van der Waals surface area contributed by atoms with E-state index in [1.165, 1.54) is 13.0 Å². The molecule has 1 saturated heterocycles. The van der Waals surface area contributed by atoms with Crippen LogP contribution in [0, 0.1) is 0 Å². The Morgan fingerprint density at radius 2 is 2.15 bits per heavy atom. The van der Waals surface area contributed by atoms with Crippen LogP contribution < -0.4 is 0 Å². The minimum Gasteiger partial charge on any atom is -0.429 e. The molecule has 1 heterocycles. The van der Waals surface area contributed by atoms with Crippen molar-refractivity contribution in [1.29, 1.82) is 0 Å². The summed E-state index contributed by atoms with van der Waals surface area (Å²) < 4.78 is 16.0. The highest BCUT2D eigenvalue weighted by molar-refractivity contribution is 6.30. The van der Waals surface area contributed by atoms with Crippen LogP contribution in [-0.4, -0.2) is 35.4 Å². The van der Waals surface area contributed by atoms with Crippen LogP contribution in [0.5, 0.6) is 0 Å². The summed E-state index contributed by atoms with van der Waals surface area (Å²) in [5.74, 6) is -1.54. The number of benzene rings is 1. The number of esters is 1. The third-order valence-electron chi connectivity index (χ3n) is 2.89. The normalized spacial score (nSPS) is 28.9. The number of carbonyl (C=O) groups is 1. The Hall–Kier alpha value is -1.14. The van der Waals surface area contributed by atoms with Crippen LogP contribution in [0.15, 0.2) is 24.3 Å². The minimum atomic E-state index is -1.41. The van der Waals surface area contributed by atoms with Gasteiger partial charge in [-0.3, -0.25) is 0 Å². The third kappa shape index (κ3) is 3.49. The molecule has 110 valence electrons. The number of hydrogen-bond acceptors (Lipinski definition) is 5. The lowest BCUT2D eigenvalue weighted by atomic mass is 10.1. The Kier molecular flexibility index (Phi) is 4.07. The SMILES string of the molecule is CC1(C)OC[C@](C)(O)[C@@H](OC(=O)c2cccc(Cl)c2)O1. The van der Waals surface area contributed by atoms with Gasteiger partial charge in [0.2, 0.25) is 6.29 Å². The van der Waals surface area contributed by atoms with Crippen LogP contribution in [0.3, 0.4) is 0 Å². The zero-order chi connectivity index (χ0) is 15.0. The smallest absolute Gasteiger partial charge is 0.340 e. The molecule has 0 bridgehead atoms. The lowest BCUT2D eigenvalue weighted by Crippen LogP contribution is -2.57. The van der Waals surface area contributed by atoms with E-state index in [4.69, 9.17) is 25.8 Å². The highest BCUT2D eigenvalue weighted by Crippen LogP contribution is 2.30. The maximum absolute atomic E-state index is 12.1. The fourth-order valence-electron chi connectivity index (χ4n) is 1.74. The van der Waals surface area contributed by atoms with E-state index in [-0.39, 0.29) is 6.61 Å². The van der Waals surface area contributed by atoms with Gasteiger partial charge < -0.3 is 19.3 Å². The molecule has 0 aromatic heterocycles. The molecule has 20 heavy (non-hydrogen) atoms. The van der Waals surface area contributed by atoms with Gasteiger partial charge in [-0.15, -0.1) is 0 Å². The molecule has 2 rings (SSSR count). The first kappa shape index (κ1) is 15.3. The Morgan fingerprint density at radius 1 is 1.45 bits per heavy atom. The van der Waals surface area contributed by atoms with Crippen molar-refractivity contribution in [3.63, 3.8) is 0 Å². The van der Waals surface area contributed by atoms with E-state index < -0.39 is 23.6 Å². The van der Waals surface area contributed by atoms with Gasteiger partial charge in [0.05, 0.1) is 12.2 Å². The van der Waals surface area contributed by atoms with E-state index >= 15 is 0 Å². The Balaban J connectivity index is 2.13. The van der Waals surface area contributed by atoms with Gasteiger partial charge in [-0.25, -0.2) is 4.79 Å². The molecule has 0 aliphatic carbocycles. The van der Waals surface area contributed by atoms with E-state index in [1.54, 1.807) is 32.0 Å². The van der Waals surface area contributed by atoms with Crippen LogP contribution in [0.25, 0.3) is 0 Å². The van der Waals surface area contributed by atoms with Crippen molar-refractivity contribution >= 4 is 17.6 Å². The van der Waals surface area contributed by atoms with E-state index in [0.29, 0.717) is 10.6 Å². The number of hydrogen-bond donors (Lipinski definition) is 1. The average Bonchev–Trinajstić information content (AvgIpc) is 2.34. The molecule has 1 aromatic rings. The molecule has 2 atom stereocenters. The summed E-state index contributed by atoms with van der Waals surface area (Å²) in [6, 6.07) is 6.37. The van der Waals surface area contributed by atoms with Gasteiger partial charge in [0.1, 0.15) is 5.60 Å². The van der Waals surface area contributed by atoms with Crippen molar-refractivity contribution < 1.29 is 24.1 Å². The van der Waals surface area contributed by atoms with Crippen molar-refractivity contribution in [1.82, 2.24) is 0 Å². The molecule has 1 aliphatic heterocycles. The summed E-state index contributed by atoms with van der Waals surface area (Å²) in [6.07, 6.45) is -1.11. The molecule has 1 aromatic carbocycles. The molecule has 0 unspecified atom stereocenters. The lowest BCUT2D eigenvalue weighted by molar-refractivity contribution is -0.374. The van der Waals surface area contributed by atoms with Crippen LogP contribution >= 0.6 is 11.6 Å². The molecule has 6 heteroatoms. The average molecular weight is 301 g/mol. The highest BCUT2D eigenvalue weighted by Gasteiger charge is 2.46. The molecule has 1 aliphatic rings.